The summed E-state index contributed by atoms with van der Waals surface area (Å²) in [6.45, 7) is 2.31. The molecule has 0 saturated heterocycles. The summed E-state index contributed by atoms with van der Waals surface area (Å²) < 4.78 is 9.41. The number of benzene rings is 2. The third-order valence-electron chi connectivity index (χ3n) is 4.47. The minimum atomic E-state index is 0.266. The van der Waals surface area contributed by atoms with Gasteiger partial charge in [-0.1, -0.05) is 23.7 Å². The van der Waals surface area contributed by atoms with E-state index in [1.54, 1.807) is 29.3 Å². The standard InChI is InChI=1S/C20H15ClN6O/c1-13-3-2-4-15(9-13)27-19-17(10-23-27)20-25-24-18(26(20)12-22-19)11-28-16-7-5-14(21)6-8-16/h2-10,12H,11H2,1H3. The smallest absolute Gasteiger partial charge is 0.176 e. The van der Waals surface area contributed by atoms with Crippen molar-refractivity contribution in [2.75, 3.05) is 0 Å². The first kappa shape index (κ1) is 16.7. The van der Waals surface area contributed by atoms with Crippen molar-refractivity contribution in [3.05, 3.63) is 77.5 Å². The lowest BCUT2D eigenvalue weighted by Gasteiger charge is -2.06. The number of nitrogens with zero attached hydrogens (tertiary/aromatic N) is 6. The quantitative estimate of drug-likeness (QED) is 0.464. The Bertz CT molecular complexity index is 1290. The van der Waals surface area contributed by atoms with Crippen molar-refractivity contribution in [1.82, 2.24) is 29.4 Å². The third-order valence-corrected chi connectivity index (χ3v) is 4.73. The minimum Gasteiger partial charge on any atom is -0.486 e. The molecule has 0 unspecified atom stereocenters. The number of aromatic nitrogens is 6. The monoisotopic (exact) mass is 390 g/mol. The molecule has 0 radical (unpaired) electrons. The average Bonchev–Trinajstić information content (AvgIpc) is 3.31. The molecule has 8 heteroatoms. The molecule has 5 aromatic rings. The van der Waals surface area contributed by atoms with Gasteiger partial charge in [-0.25, -0.2) is 9.67 Å². The fourth-order valence-electron chi connectivity index (χ4n) is 3.09. The molecular weight excluding hydrogens is 376 g/mol. The Morgan fingerprint density at radius 1 is 1.04 bits per heavy atom. The van der Waals surface area contributed by atoms with E-state index in [2.05, 4.69) is 26.3 Å². The van der Waals surface area contributed by atoms with Gasteiger partial charge in [-0.2, -0.15) is 5.10 Å². The van der Waals surface area contributed by atoms with Gasteiger partial charge in [0.05, 0.1) is 17.3 Å². The number of fused-ring (bicyclic) bond motifs is 3. The molecule has 5 rings (SSSR count). The van der Waals surface area contributed by atoms with Gasteiger partial charge in [0.25, 0.3) is 0 Å². The lowest BCUT2D eigenvalue weighted by Crippen LogP contribution is -2.03. The molecule has 7 nitrogen and oxygen atoms in total. The van der Waals surface area contributed by atoms with Crippen LogP contribution in [0, 0.1) is 6.92 Å². The van der Waals surface area contributed by atoms with Gasteiger partial charge in [-0.05, 0) is 48.9 Å². The van der Waals surface area contributed by atoms with Crippen LogP contribution in [0.2, 0.25) is 5.02 Å². The highest BCUT2D eigenvalue weighted by Crippen LogP contribution is 2.21. The van der Waals surface area contributed by atoms with Gasteiger partial charge in [0.1, 0.15) is 18.7 Å². The van der Waals surface area contributed by atoms with Crippen LogP contribution >= 0.6 is 11.6 Å². The summed E-state index contributed by atoms with van der Waals surface area (Å²) in [4.78, 5) is 4.59. The Kier molecular flexibility index (Phi) is 3.95. The van der Waals surface area contributed by atoms with Gasteiger partial charge in [0.15, 0.2) is 17.1 Å². The maximum Gasteiger partial charge on any atom is 0.176 e. The normalized spacial score (nSPS) is 11.4. The molecule has 0 aliphatic rings. The van der Waals surface area contributed by atoms with E-state index in [1.807, 2.05) is 41.7 Å². The molecule has 2 aromatic carbocycles. The van der Waals surface area contributed by atoms with Crippen molar-refractivity contribution in [2.24, 2.45) is 0 Å². The molecule has 0 aliphatic heterocycles. The predicted molar refractivity (Wildman–Crippen MR) is 106 cm³/mol. The Hall–Kier alpha value is -3.45. The summed E-state index contributed by atoms with van der Waals surface area (Å²) >= 11 is 5.90. The van der Waals surface area contributed by atoms with Crippen molar-refractivity contribution >= 4 is 28.3 Å². The molecule has 0 spiro atoms. The lowest BCUT2D eigenvalue weighted by molar-refractivity contribution is 0.294. The maximum absolute atomic E-state index is 5.90. The van der Waals surface area contributed by atoms with E-state index in [0.29, 0.717) is 22.2 Å². The molecule has 3 aromatic heterocycles. The summed E-state index contributed by atoms with van der Waals surface area (Å²) in [5.74, 6) is 1.37. The zero-order valence-corrected chi connectivity index (χ0v) is 15.7. The van der Waals surface area contributed by atoms with E-state index in [0.717, 1.165) is 22.3 Å². The number of ether oxygens (including phenoxy) is 1. The Labute approximate surface area is 165 Å². The highest BCUT2D eigenvalue weighted by molar-refractivity contribution is 6.30. The molecule has 0 saturated carbocycles. The Balaban J connectivity index is 1.51. The predicted octanol–water partition coefficient (Wildman–Crippen LogP) is 4.00. The molecule has 0 aliphatic carbocycles. The number of hydrogen-bond donors (Lipinski definition) is 0. The summed E-state index contributed by atoms with van der Waals surface area (Å²) in [7, 11) is 0. The highest BCUT2D eigenvalue weighted by atomic mass is 35.5. The van der Waals surface area contributed by atoms with Gasteiger partial charge in [0.2, 0.25) is 0 Å². The van der Waals surface area contributed by atoms with Crippen LogP contribution in [0.1, 0.15) is 11.4 Å². The van der Waals surface area contributed by atoms with Crippen LogP contribution in [0.4, 0.5) is 0 Å². The first-order valence-corrected chi connectivity index (χ1v) is 9.08. The number of hydrogen-bond acceptors (Lipinski definition) is 5. The topological polar surface area (TPSA) is 70.1 Å². The Morgan fingerprint density at radius 2 is 1.89 bits per heavy atom. The van der Waals surface area contributed by atoms with Gasteiger partial charge in [-0.15, -0.1) is 10.2 Å². The second-order valence-corrected chi connectivity index (χ2v) is 6.87. The molecule has 0 bridgehead atoms. The van der Waals surface area contributed by atoms with Gasteiger partial charge >= 0.3 is 0 Å². The largest absolute Gasteiger partial charge is 0.486 e. The maximum atomic E-state index is 5.90. The van der Waals surface area contributed by atoms with Crippen LogP contribution < -0.4 is 4.74 Å². The molecular formula is C20H15ClN6O. The van der Waals surface area contributed by atoms with Crippen LogP contribution in [0.15, 0.2) is 61.1 Å². The van der Waals surface area contributed by atoms with Gasteiger partial charge in [0, 0.05) is 5.02 Å². The molecule has 3 heterocycles. The van der Waals surface area contributed by atoms with E-state index >= 15 is 0 Å². The average molecular weight is 391 g/mol. The molecule has 138 valence electrons. The minimum absolute atomic E-state index is 0.266. The van der Waals surface area contributed by atoms with Crippen LogP contribution in [0.3, 0.4) is 0 Å². The van der Waals surface area contributed by atoms with Crippen molar-refractivity contribution in [3.8, 4) is 11.4 Å². The zero-order chi connectivity index (χ0) is 19.1. The number of rotatable bonds is 4. The fraction of sp³-hybridized carbons (Fsp3) is 0.100. The number of aryl methyl sites for hydroxylation is 1. The van der Waals surface area contributed by atoms with Crippen LogP contribution in [-0.4, -0.2) is 29.4 Å². The van der Waals surface area contributed by atoms with E-state index < -0.39 is 0 Å². The van der Waals surface area contributed by atoms with E-state index in [1.165, 1.54) is 0 Å². The first-order valence-electron chi connectivity index (χ1n) is 8.71. The van der Waals surface area contributed by atoms with E-state index in [-0.39, 0.29) is 6.61 Å². The van der Waals surface area contributed by atoms with Gasteiger partial charge in [-0.3, -0.25) is 4.40 Å². The third kappa shape index (κ3) is 2.86. The fourth-order valence-corrected chi connectivity index (χ4v) is 3.22. The van der Waals surface area contributed by atoms with E-state index in [4.69, 9.17) is 16.3 Å². The summed E-state index contributed by atoms with van der Waals surface area (Å²) in [5.41, 5.74) is 3.54. The molecule has 28 heavy (non-hydrogen) atoms. The van der Waals surface area contributed by atoms with E-state index in [9.17, 15) is 0 Å². The van der Waals surface area contributed by atoms with Crippen LogP contribution in [0.5, 0.6) is 5.75 Å². The SMILES string of the molecule is Cc1cccc(-n2ncc3c2ncn2c(COc4ccc(Cl)cc4)nnc32)c1. The van der Waals surface area contributed by atoms with Crippen molar-refractivity contribution in [2.45, 2.75) is 13.5 Å². The van der Waals surface area contributed by atoms with Crippen molar-refractivity contribution < 1.29 is 4.74 Å². The molecule has 0 amide bonds. The van der Waals surface area contributed by atoms with Crippen LogP contribution in [0.25, 0.3) is 22.4 Å². The highest BCUT2D eigenvalue weighted by Gasteiger charge is 2.14. The second kappa shape index (κ2) is 6.61. The van der Waals surface area contributed by atoms with Crippen molar-refractivity contribution in [1.29, 1.82) is 0 Å². The van der Waals surface area contributed by atoms with Crippen LogP contribution in [-0.2, 0) is 6.61 Å². The zero-order valence-electron chi connectivity index (χ0n) is 15.0. The summed E-state index contributed by atoms with van der Waals surface area (Å²) in [6, 6.07) is 15.3. The lowest BCUT2D eigenvalue weighted by atomic mass is 10.2. The van der Waals surface area contributed by atoms with Gasteiger partial charge < -0.3 is 4.74 Å². The summed E-state index contributed by atoms with van der Waals surface area (Å²) in [5, 5.41) is 14.6. The first-order chi connectivity index (χ1) is 13.7. The van der Waals surface area contributed by atoms with Crippen molar-refractivity contribution in [3.63, 3.8) is 0 Å². The molecule has 0 N–H and O–H groups in total. The number of halogens is 1. The molecule has 0 fully saturated rings. The molecule has 0 atom stereocenters. The Morgan fingerprint density at radius 3 is 2.71 bits per heavy atom. The second-order valence-electron chi connectivity index (χ2n) is 6.43. The summed E-state index contributed by atoms with van der Waals surface area (Å²) in [6.07, 6.45) is 3.46.